The third kappa shape index (κ3) is 6.21. The van der Waals surface area contributed by atoms with E-state index in [1.54, 1.807) is 43.3 Å². The molecule has 0 radical (unpaired) electrons. The predicted octanol–water partition coefficient (Wildman–Crippen LogP) is 3.60. The Labute approximate surface area is 211 Å². The first-order valence-corrected chi connectivity index (χ1v) is 13.1. The van der Waals surface area contributed by atoms with Crippen molar-refractivity contribution in [2.24, 2.45) is 0 Å². The summed E-state index contributed by atoms with van der Waals surface area (Å²) in [6, 6.07) is 12.3. The lowest BCUT2D eigenvalue weighted by atomic mass is 10.1. The molecule has 1 atom stereocenters. The van der Waals surface area contributed by atoms with Crippen molar-refractivity contribution in [3.63, 3.8) is 0 Å². The van der Waals surface area contributed by atoms with Crippen LogP contribution in [0.3, 0.4) is 0 Å². The largest absolute Gasteiger partial charge is 0.350 e. The number of amides is 3. The van der Waals surface area contributed by atoms with Crippen LogP contribution >= 0.6 is 11.6 Å². The van der Waals surface area contributed by atoms with Crippen molar-refractivity contribution in [1.82, 2.24) is 14.5 Å². The Balaban J connectivity index is 1.72. The number of nitrogens with zero attached hydrogens (tertiary/aromatic N) is 2. The number of sulfonamides is 1. The SMILES string of the molecule is CC(C(=O)NC(C)(C)C)N(Cc1ccc(Cl)cc1)C(=O)CCCN1C(=O)c2ccccc2S1(=O)=O. The monoisotopic (exact) mass is 519 g/mol. The second-order valence-corrected chi connectivity index (χ2v) is 11.8. The Bertz CT molecular complexity index is 1220. The van der Waals surface area contributed by atoms with E-state index in [0.29, 0.717) is 5.02 Å². The molecule has 35 heavy (non-hydrogen) atoms. The summed E-state index contributed by atoms with van der Waals surface area (Å²) in [5, 5.41) is 3.45. The van der Waals surface area contributed by atoms with E-state index < -0.39 is 27.5 Å². The summed E-state index contributed by atoms with van der Waals surface area (Å²) in [6.07, 6.45) is 0.0961. The summed E-state index contributed by atoms with van der Waals surface area (Å²) in [6.45, 7) is 7.28. The van der Waals surface area contributed by atoms with Crippen LogP contribution in [-0.4, -0.2) is 53.5 Å². The molecule has 1 aliphatic heterocycles. The highest BCUT2D eigenvalue weighted by atomic mass is 35.5. The second-order valence-electron chi connectivity index (χ2n) is 9.55. The molecule has 1 aliphatic rings. The molecule has 8 nitrogen and oxygen atoms in total. The van der Waals surface area contributed by atoms with Gasteiger partial charge in [0.1, 0.15) is 10.9 Å². The van der Waals surface area contributed by atoms with Crippen LogP contribution in [0.2, 0.25) is 5.02 Å². The molecule has 0 bridgehead atoms. The minimum atomic E-state index is -3.93. The number of halogens is 1. The van der Waals surface area contributed by atoms with Crippen LogP contribution in [-0.2, 0) is 26.2 Å². The lowest BCUT2D eigenvalue weighted by Gasteiger charge is -2.31. The van der Waals surface area contributed by atoms with E-state index in [4.69, 9.17) is 11.6 Å². The number of carbonyl (C=O) groups excluding carboxylic acids is 3. The van der Waals surface area contributed by atoms with Crippen molar-refractivity contribution >= 4 is 39.3 Å². The predicted molar refractivity (Wildman–Crippen MR) is 133 cm³/mol. The smallest absolute Gasteiger partial charge is 0.269 e. The first-order chi connectivity index (χ1) is 16.3. The molecule has 0 fully saturated rings. The van der Waals surface area contributed by atoms with Gasteiger partial charge in [-0.25, -0.2) is 12.7 Å². The van der Waals surface area contributed by atoms with Crippen LogP contribution in [0.5, 0.6) is 0 Å². The molecule has 1 heterocycles. The van der Waals surface area contributed by atoms with Gasteiger partial charge in [0, 0.05) is 30.1 Å². The number of hydrogen-bond acceptors (Lipinski definition) is 5. The Morgan fingerprint density at radius 2 is 1.71 bits per heavy atom. The van der Waals surface area contributed by atoms with Gasteiger partial charge in [0.15, 0.2) is 0 Å². The van der Waals surface area contributed by atoms with Gasteiger partial charge in [-0.2, -0.15) is 0 Å². The lowest BCUT2D eigenvalue weighted by molar-refractivity contribution is -0.141. The maximum absolute atomic E-state index is 13.2. The maximum atomic E-state index is 13.2. The molecule has 0 aliphatic carbocycles. The van der Waals surface area contributed by atoms with Crippen LogP contribution in [0.4, 0.5) is 0 Å². The number of benzene rings is 2. The van der Waals surface area contributed by atoms with Gasteiger partial charge in [-0.05, 0) is 63.9 Å². The maximum Gasteiger partial charge on any atom is 0.269 e. The third-order valence-electron chi connectivity index (χ3n) is 5.60. The molecule has 3 amide bonds. The summed E-state index contributed by atoms with van der Waals surface area (Å²) in [5.41, 5.74) is 0.460. The molecule has 2 aromatic carbocycles. The van der Waals surface area contributed by atoms with Gasteiger partial charge >= 0.3 is 0 Å². The highest BCUT2D eigenvalue weighted by Gasteiger charge is 2.40. The number of nitrogens with one attached hydrogen (secondary N) is 1. The highest BCUT2D eigenvalue weighted by molar-refractivity contribution is 7.90. The standard InChI is InChI=1S/C25H30ClN3O5S/c1-17(23(31)27-25(2,3)4)28(16-18-11-13-19(26)14-12-18)22(30)10-7-15-29-24(32)20-8-5-6-9-21(20)35(29,33)34/h5-6,8-9,11-14,17H,7,10,15-16H2,1-4H3,(H,27,31). The van der Waals surface area contributed by atoms with Crippen LogP contribution < -0.4 is 5.32 Å². The van der Waals surface area contributed by atoms with Gasteiger partial charge in [0.2, 0.25) is 11.8 Å². The van der Waals surface area contributed by atoms with Gasteiger partial charge < -0.3 is 10.2 Å². The van der Waals surface area contributed by atoms with E-state index in [9.17, 15) is 22.8 Å². The van der Waals surface area contributed by atoms with Crippen molar-refractivity contribution in [2.45, 2.75) is 63.6 Å². The van der Waals surface area contributed by atoms with E-state index in [1.165, 1.54) is 17.0 Å². The first kappa shape index (κ1) is 26.7. The normalized spacial score (nSPS) is 15.5. The van der Waals surface area contributed by atoms with Gasteiger partial charge in [-0.3, -0.25) is 14.4 Å². The van der Waals surface area contributed by atoms with Crippen LogP contribution in [0.25, 0.3) is 0 Å². The van der Waals surface area contributed by atoms with Crippen molar-refractivity contribution < 1.29 is 22.8 Å². The molecule has 0 spiro atoms. The van der Waals surface area contributed by atoms with E-state index in [1.807, 2.05) is 20.8 Å². The fourth-order valence-corrected chi connectivity index (χ4v) is 5.55. The first-order valence-electron chi connectivity index (χ1n) is 11.3. The number of hydrogen-bond donors (Lipinski definition) is 1. The summed E-state index contributed by atoms with van der Waals surface area (Å²) >= 11 is 5.97. The number of carbonyl (C=O) groups is 3. The van der Waals surface area contributed by atoms with Gasteiger partial charge in [0.25, 0.3) is 15.9 Å². The highest BCUT2D eigenvalue weighted by Crippen LogP contribution is 2.30. The number of rotatable bonds is 8. The zero-order valence-corrected chi connectivity index (χ0v) is 21.8. The molecule has 0 aromatic heterocycles. The molecule has 10 heteroatoms. The second kappa shape index (κ2) is 10.4. The molecule has 0 saturated carbocycles. The molecule has 2 aromatic rings. The number of fused-ring (bicyclic) bond motifs is 1. The van der Waals surface area contributed by atoms with Gasteiger partial charge in [-0.1, -0.05) is 35.9 Å². The van der Waals surface area contributed by atoms with Crippen molar-refractivity contribution in [2.75, 3.05) is 6.54 Å². The summed E-state index contributed by atoms with van der Waals surface area (Å²) in [5.74, 6) is -1.21. The summed E-state index contributed by atoms with van der Waals surface area (Å²) < 4.78 is 26.3. The van der Waals surface area contributed by atoms with Crippen molar-refractivity contribution in [3.8, 4) is 0 Å². The molecule has 1 N–H and O–H groups in total. The fourth-order valence-electron chi connectivity index (χ4n) is 3.81. The molecular weight excluding hydrogens is 490 g/mol. The third-order valence-corrected chi connectivity index (χ3v) is 7.69. The zero-order valence-electron chi connectivity index (χ0n) is 20.2. The van der Waals surface area contributed by atoms with Crippen LogP contribution in [0, 0.1) is 0 Å². The van der Waals surface area contributed by atoms with E-state index >= 15 is 0 Å². The minimum Gasteiger partial charge on any atom is -0.350 e. The average Bonchev–Trinajstić information content (AvgIpc) is 2.97. The summed E-state index contributed by atoms with van der Waals surface area (Å²) in [4.78, 5) is 40.1. The molecular formula is C25H30ClN3O5S. The van der Waals surface area contributed by atoms with Crippen LogP contribution in [0.1, 0.15) is 56.5 Å². The van der Waals surface area contributed by atoms with E-state index in [2.05, 4.69) is 5.32 Å². The molecule has 1 unspecified atom stereocenters. The zero-order chi connectivity index (χ0) is 26.0. The quantitative estimate of drug-likeness (QED) is 0.574. The van der Waals surface area contributed by atoms with Crippen molar-refractivity contribution in [1.29, 1.82) is 0 Å². The molecule has 188 valence electrons. The summed E-state index contributed by atoms with van der Waals surface area (Å²) in [7, 11) is -3.93. The lowest BCUT2D eigenvalue weighted by Crippen LogP contribution is -2.52. The van der Waals surface area contributed by atoms with Crippen molar-refractivity contribution in [3.05, 3.63) is 64.7 Å². The van der Waals surface area contributed by atoms with Gasteiger partial charge in [-0.15, -0.1) is 0 Å². The molecule has 0 saturated heterocycles. The van der Waals surface area contributed by atoms with Crippen LogP contribution in [0.15, 0.2) is 53.4 Å². The Kier molecular flexibility index (Phi) is 7.91. The molecule has 3 rings (SSSR count). The van der Waals surface area contributed by atoms with E-state index in [0.717, 1.165) is 9.87 Å². The Morgan fingerprint density at radius 1 is 1.09 bits per heavy atom. The minimum absolute atomic E-state index is 0.0202. The van der Waals surface area contributed by atoms with E-state index in [-0.39, 0.29) is 48.2 Å². The average molecular weight is 520 g/mol. The topological polar surface area (TPSA) is 104 Å². The Morgan fingerprint density at radius 3 is 2.31 bits per heavy atom. The fraction of sp³-hybridized carbons (Fsp3) is 0.400. The van der Waals surface area contributed by atoms with Gasteiger partial charge in [0.05, 0.1) is 5.56 Å². The Hall–Kier alpha value is -2.91.